The summed E-state index contributed by atoms with van der Waals surface area (Å²) in [6.45, 7) is 2.07. The largest absolute Gasteiger partial charge is 0.411 e. The molecular weight excluding hydrogens is 306 g/mol. The molecule has 0 saturated carbocycles. The quantitative estimate of drug-likeness (QED) is 0.656. The lowest BCUT2D eigenvalue weighted by Crippen LogP contribution is -1.88. The summed E-state index contributed by atoms with van der Waals surface area (Å²) in [5.74, 6) is 0.432. The molecule has 1 atom stereocenters. The Morgan fingerprint density at radius 3 is 2.76 bits per heavy atom. The van der Waals surface area contributed by atoms with Crippen LogP contribution in [0.15, 0.2) is 58.4 Å². The Kier molecular flexibility index (Phi) is 4.22. The lowest BCUT2D eigenvalue weighted by molar-refractivity contribution is 0.465. The van der Waals surface area contributed by atoms with Gasteiger partial charge in [-0.05, 0) is 30.7 Å². The molecule has 1 aromatic carbocycles. The van der Waals surface area contributed by atoms with Crippen LogP contribution >= 0.6 is 23.4 Å². The summed E-state index contributed by atoms with van der Waals surface area (Å²) >= 11 is 7.62. The fourth-order valence-corrected chi connectivity index (χ4v) is 2.85. The molecule has 1 unspecified atom stereocenters. The highest BCUT2D eigenvalue weighted by Crippen LogP contribution is 2.35. The predicted octanol–water partition coefficient (Wildman–Crippen LogP) is 4.64. The molecule has 0 saturated heterocycles. The molecule has 3 aromatic rings. The van der Waals surface area contributed by atoms with Gasteiger partial charge >= 0.3 is 0 Å². The molecule has 6 heteroatoms. The third-order valence-corrected chi connectivity index (χ3v) is 4.26. The Hall–Kier alpha value is -1.85. The number of halogens is 1. The van der Waals surface area contributed by atoms with Gasteiger partial charge in [-0.1, -0.05) is 41.6 Å². The molecular formula is C15H12ClN3OS. The normalized spacial score (nSPS) is 12.3. The van der Waals surface area contributed by atoms with Crippen molar-refractivity contribution in [1.29, 1.82) is 0 Å². The Morgan fingerprint density at radius 2 is 2.00 bits per heavy atom. The molecule has 2 aromatic heterocycles. The molecule has 0 aliphatic heterocycles. The van der Waals surface area contributed by atoms with Crippen molar-refractivity contribution < 1.29 is 4.42 Å². The maximum atomic E-state index is 6.13. The number of nitrogens with zero attached hydrogens (tertiary/aromatic N) is 3. The van der Waals surface area contributed by atoms with Crippen LogP contribution < -0.4 is 0 Å². The van der Waals surface area contributed by atoms with Gasteiger partial charge in [0.2, 0.25) is 5.89 Å². The van der Waals surface area contributed by atoms with Gasteiger partial charge in [0, 0.05) is 17.6 Å². The van der Waals surface area contributed by atoms with Gasteiger partial charge in [-0.15, -0.1) is 10.2 Å². The van der Waals surface area contributed by atoms with Crippen molar-refractivity contribution in [3.05, 3.63) is 59.4 Å². The third-order valence-electron chi connectivity index (χ3n) is 2.94. The first-order chi connectivity index (χ1) is 10.2. The standard InChI is InChI=1S/C15H12ClN3OS/c1-10(11-5-4-8-17-9-11)21-15-19-18-14(20-15)12-6-2-3-7-13(12)16/h2-10H,1H3. The van der Waals surface area contributed by atoms with E-state index in [4.69, 9.17) is 16.0 Å². The SMILES string of the molecule is CC(Sc1nnc(-c2ccccc2Cl)o1)c1cccnc1. The van der Waals surface area contributed by atoms with E-state index in [1.54, 1.807) is 12.3 Å². The number of benzene rings is 1. The molecule has 0 N–H and O–H groups in total. The molecule has 0 radical (unpaired) electrons. The molecule has 4 nitrogen and oxygen atoms in total. The van der Waals surface area contributed by atoms with Crippen LogP contribution in [0.1, 0.15) is 17.7 Å². The summed E-state index contributed by atoms with van der Waals surface area (Å²) in [5.41, 5.74) is 1.85. The number of rotatable bonds is 4. The second kappa shape index (κ2) is 6.28. The zero-order chi connectivity index (χ0) is 14.7. The average Bonchev–Trinajstić information content (AvgIpc) is 2.97. The van der Waals surface area contributed by atoms with Crippen molar-refractivity contribution in [3.8, 4) is 11.5 Å². The summed E-state index contributed by atoms with van der Waals surface area (Å²) in [6.07, 6.45) is 3.59. The van der Waals surface area contributed by atoms with E-state index in [-0.39, 0.29) is 5.25 Å². The van der Waals surface area contributed by atoms with Crippen molar-refractivity contribution >= 4 is 23.4 Å². The molecule has 0 aliphatic carbocycles. The molecule has 2 heterocycles. The summed E-state index contributed by atoms with van der Waals surface area (Å²) in [5, 5.41) is 9.41. The maximum Gasteiger partial charge on any atom is 0.277 e. The van der Waals surface area contributed by atoms with Crippen LogP contribution in [-0.2, 0) is 0 Å². The van der Waals surface area contributed by atoms with Gasteiger partial charge in [0.15, 0.2) is 0 Å². The van der Waals surface area contributed by atoms with E-state index in [1.807, 2.05) is 36.5 Å². The predicted molar refractivity (Wildman–Crippen MR) is 83.3 cm³/mol. The lowest BCUT2D eigenvalue weighted by Gasteiger charge is -2.07. The molecule has 0 fully saturated rings. The second-order valence-corrected chi connectivity index (χ2v) is 6.10. The van der Waals surface area contributed by atoms with Crippen LogP contribution in [0.25, 0.3) is 11.5 Å². The minimum atomic E-state index is 0.179. The van der Waals surface area contributed by atoms with Crippen LogP contribution in [-0.4, -0.2) is 15.2 Å². The van der Waals surface area contributed by atoms with Crippen LogP contribution in [0.2, 0.25) is 5.02 Å². The highest BCUT2D eigenvalue weighted by Gasteiger charge is 2.15. The number of hydrogen-bond donors (Lipinski definition) is 0. The zero-order valence-electron chi connectivity index (χ0n) is 11.2. The summed E-state index contributed by atoms with van der Waals surface area (Å²) in [6, 6.07) is 11.3. The van der Waals surface area contributed by atoms with E-state index < -0.39 is 0 Å². The number of hydrogen-bond acceptors (Lipinski definition) is 5. The zero-order valence-corrected chi connectivity index (χ0v) is 12.8. The lowest BCUT2D eigenvalue weighted by atomic mass is 10.2. The highest BCUT2D eigenvalue weighted by molar-refractivity contribution is 7.99. The van der Waals surface area contributed by atoms with E-state index in [0.29, 0.717) is 16.1 Å². The minimum Gasteiger partial charge on any atom is -0.411 e. The van der Waals surface area contributed by atoms with E-state index in [9.17, 15) is 0 Å². The summed E-state index contributed by atoms with van der Waals surface area (Å²) < 4.78 is 5.68. The Morgan fingerprint density at radius 1 is 1.14 bits per heavy atom. The monoisotopic (exact) mass is 317 g/mol. The summed E-state index contributed by atoms with van der Waals surface area (Å²) in [4.78, 5) is 4.11. The first kappa shape index (κ1) is 14.1. The smallest absolute Gasteiger partial charge is 0.277 e. The van der Waals surface area contributed by atoms with E-state index in [1.165, 1.54) is 11.8 Å². The first-order valence-corrected chi connectivity index (χ1v) is 7.65. The van der Waals surface area contributed by atoms with Gasteiger partial charge in [-0.3, -0.25) is 4.98 Å². The Bertz CT molecular complexity index is 733. The molecule has 0 bridgehead atoms. The first-order valence-electron chi connectivity index (χ1n) is 6.39. The van der Waals surface area contributed by atoms with Gasteiger partial charge < -0.3 is 4.42 Å². The number of pyridine rings is 1. The van der Waals surface area contributed by atoms with Crippen molar-refractivity contribution in [1.82, 2.24) is 15.2 Å². The van der Waals surface area contributed by atoms with Gasteiger partial charge in [0.25, 0.3) is 5.22 Å². The van der Waals surface area contributed by atoms with Crippen molar-refractivity contribution in [2.45, 2.75) is 17.4 Å². The molecule has 21 heavy (non-hydrogen) atoms. The van der Waals surface area contributed by atoms with Crippen molar-refractivity contribution in [3.63, 3.8) is 0 Å². The van der Waals surface area contributed by atoms with Gasteiger partial charge in [-0.2, -0.15) is 0 Å². The van der Waals surface area contributed by atoms with Crippen LogP contribution in [0.4, 0.5) is 0 Å². The third kappa shape index (κ3) is 3.25. The van der Waals surface area contributed by atoms with Gasteiger partial charge in [0.1, 0.15) is 0 Å². The number of thioether (sulfide) groups is 1. The van der Waals surface area contributed by atoms with E-state index in [2.05, 4.69) is 22.1 Å². The fraction of sp³-hybridized carbons (Fsp3) is 0.133. The van der Waals surface area contributed by atoms with Gasteiger partial charge in [0.05, 0.1) is 10.6 Å². The molecule has 0 spiro atoms. The fourth-order valence-electron chi connectivity index (χ4n) is 1.84. The van der Waals surface area contributed by atoms with E-state index >= 15 is 0 Å². The second-order valence-electron chi connectivity index (χ2n) is 4.40. The summed E-state index contributed by atoms with van der Waals surface area (Å²) in [7, 11) is 0. The highest BCUT2D eigenvalue weighted by atomic mass is 35.5. The van der Waals surface area contributed by atoms with Gasteiger partial charge in [-0.25, -0.2) is 0 Å². The molecule has 3 rings (SSSR count). The van der Waals surface area contributed by atoms with Crippen LogP contribution in [0.3, 0.4) is 0 Å². The van der Waals surface area contributed by atoms with Crippen molar-refractivity contribution in [2.24, 2.45) is 0 Å². The van der Waals surface area contributed by atoms with Crippen LogP contribution in [0, 0.1) is 0 Å². The van der Waals surface area contributed by atoms with E-state index in [0.717, 1.165) is 11.1 Å². The molecule has 0 aliphatic rings. The Labute approximate surface area is 131 Å². The van der Waals surface area contributed by atoms with Crippen LogP contribution in [0.5, 0.6) is 0 Å². The topological polar surface area (TPSA) is 51.8 Å². The Balaban J connectivity index is 1.78. The number of aromatic nitrogens is 3. The van der Waals surface area contributed by atoms with Crippen molar-refractivity contribution in [2.75, 3.05) is 0 Å². The minimum absolute atomic E-state index is 0.179. The maximum absolute atomic E-state index is 6.13. The molecule has 106 valence electrons. The molecule has 0 amide bonds. The average molecular weight is 318 g/mol.